The van der Waals surface area contributed by atoms with Crippen LogP contribution >= 0.6 is 11.8 Å². The van der Waals surface area contributed by atoms with Crippen molar-refractivity contribution in [2.24, 2.45) is 0 Å². The van der Waals surface area contributed by atoms with Crippen molar-refractivity contribution < 1.29 is 4.79 Å². The molecule has 2 aromatic rings. The highest BCUT2D eigenvalue weighted by molar-refractivity contribution is 8.04. The molecule has 0 radical (unpaired) electrons. The highest BCUT2D eigenvalue weighted by atomic mass is 32.2. The van der Waals surface area contributed by atoms with E-state index in [9.17, 15) is 4.79 Å². The number of benzene rings is 2. The second kappa shape index (κ2) is 8.84. The van der Waals surface area contributed by atoms with Gasteiger partial charge in [-0.1, -0.05) is 48.5 Å². The topological polar surface area (TPSA) is 26.8 Å². The molecule has 2 aromatic carbocycles. The number of hydrogen-bond donors (Lipinski definition) is 0. The summed E-state index contributed by atoms with van der Waals surface area (Å²) in [4.78, 5) is 20.7. The first-order chi connectivity index (χ1) is 13.7. The number of thioether (sulfide) groups is 1. The van der Waals surface area contributed by atoms with Crippen molar-refractivity contribution in [3.63, 3.8) is 0 Å². The largest absolute Gasteiger partial charge is 0.368 e. The number of hydrogen-bond acceptors (Lipinski definition) is 4. The maximum atomic E-state index is 13.1. The molecule has 0 aliphatic carbocycles. The van der Waals surface area contributed by atoms with E-state index in [1.165, 1.54) is 11.3 Å². The lowest BCUT2D eigenvalue weighted by Gasteiger charge is -2.35. The van der Waals surface area contributed by atoms with Gasteiger partial charge in [0.05, 0.1) is 4.91 Å². The standard InChI is InChI=1S/C23H27N3OS/c1-24-11-13-25(14-12-24)21-10-6-5-9-20(21)17-22-23(27)26(15-16-28-22)18-19-7-3-2-4-8-19/h2-10,17H,11-16,18H2,1H3. The number of carbonyl (C=O) groups is 1. The first-order valence-electron chi connectivity index (χ1n) is 9.91. The molecule has 0 aromatic heterocycles. The van der Waals surface area contributed by atoms with Crippen LogP contribution in [0.3, 0.4) is 0 Å². The lowest BCUT2D eigenvalue weighted by molar-refractivity contribution is -0.126. The Labute approximate surface area is 171 Å². The van der Waals surface area contributed by atoms with Crippen LogP contribution in [0.2, 0.25) is 0 Å². The molecule has 0 N–H and O–H groups in total. The summed E-state index contributed by atoms with van der Waals surface area (Å²) < 4.78 is 0. The summed E-state index contributed by atoms with van der Waals surface area (Å²) >= 11 is 1.68. The van der Waals surface area contributed by atoms with Gasteiger partial charge in [-0.25, -0.2) is 0 Å². The summed E-state index contributed by atoms with van der Waals surface area (Å²) in [5.41, 5.74) is 3.56. The smallest absolute Gasteiger partial charge is 0.260 e. The maximum Gasteiger partial charge on any atom is 0.260 e. The number of nitrogens with zero attached hydrogens (tertiary/aromatic N) is 3. The minimum absolute atomic E-state index is 0.147. The van der Waals surface area contributed by atoms with Crippen LogP contribution in [0.15, 0.2) is 59.5 Å². The predicted octanol–water partition coefficient (Wildman–Crippen LogP) is 3.55. The Morgan fingerprint density at radius 3 is 2.43 bits per heavy atom. The molecule has 5 heteroatoms. The normalized spacial score (nSPS) is 20.0. The van der Waals surface area contributed by atoms with E-state index < -0.39 is 0 Å². The van der Waals surface area contributed by atoms with Crippen LogP contribution in [0.25, 0.3) is 6.08 Å². The molecule has 1 amide bonds. The molecule has 0 atom stereocenters. The van der Waals surface area contributed by atoms with Crippen molar-refractivity contribution in [1.29, 1.82) is 0 Å². The molecule has 2 heterocycles. The first kappa shape index (κ1) is 19.1. The fraction of sp³-hybridized carbons (Fsp3) is 0.348. The average Bonchev–Trinajstić information content (AvgIpc) is 2.73. The summed E-state index contributed by atoms with van der Waals surface area (Å²) in [6.07, 6.45) is 2.10. The molecule has 2 saturated heterocycles. The molecule has 146 valence electrons. The Kier molecular flexibility index (Phi) is 6.03. The van der Waals surface area contributed by atoms with Gasteiger partial charge < -0.3 is 14.7 Å². The summed E-state index contributed by atoms with van der Waals surface area (Å²) in [5.74, 6) is 1.09. The van der Waals surface area contributed by atoms with Crippen molar-refractivity contribution in [3.8, 4) is 0 Å². The molecule has 0 saturated carbocycles. The first-order valence-corrected chi connectivity index (χ1v) is 10.9. The van der Waals surface area contributed by atoms with Gasteiger partial charge in [0.25, 0.3) is 5.91 Å². The lowest BCUT2D eigenvalue weighted by atomic mass is 10.1. The quantitative estimate of drug-likeness (QED) is 0.742. The van der Waals surface area contributed by atoms with Gasteiger partial charge in [-0.05, 0) is 30.3 Å². The Morgan fingerprint density at radius 1 is 0.929 bits per heavy atom. The molecule has 2 aliphatic rings. The van der Waals surface area contributed by atoms with Crippen LogP contribution in [-0.4, -0.2) is 61.2 Å². The van der Waals surface area contributed by atoms with E-state index in [4.69, 9.17) is 0 Å². The molecule has 28 heavy (non-hydrogen) atoms. The molecule has 0 bridgehead atoms. The van der Waals surface area contributed by atoms with Crippen LogP contribution < -0.4 is 4.90 Å². The van der Waals surface area contributed by atoms with Gasteiger partial charge in [0.1, 0.15) is 0 Å². The Hall–Kier alpha value is -2.24. The Morgan fingerprint density at radius 2 is 1.64 bits per heavy atom. The van der Waals surface area contributed by atoms with Gasteiger partial charge in [-0.3, -0.25) is 4.79 Å². The van der Waals surface area contributed by atoms with Crippen molar-refractivity contribution >= 4 is 29.4 Å². The molecular weight excluding hydrogens is 366 g/mol. The second-order valence-electron chi connectivity index (χ2n) is 7.42. The van der Waals surface area contributed by atoms with E-state index in [1.807, 2.05) is 23.1 Å². The van der Waals surface area contributed by atoms with E-state index in [0.29, 0.717) is 6.54 Å². The third kappa shape index (κ3) is 4.42. The number of piperazine rings is 1. The number of rotatable bonds is 4. The number of anilines is 1. The van der Waals surface area contributed by atoms with Gasteiger partial charge in [0.15, 0.2) is 0 Å². The van der Waals surface area contributed by atoms with Crippen LogP contribution in [-0.2, 0) is 11.3 Å². The average molecular weight is 394 g/mol. The lowest BCUT2D eigenvalue weighted by Crippen LogP contribution is -2.44. The monoisotopic (exact) mass is 393 g/mol. The van der Waals surface area contributed by atoms with Crippen molar-refractivity contribution in [1.82, 2.24) is 9.80 Å². The zero-order valence-corrected chi connectivity index (χ0v) is 17.2. The van der Waals surface area contributed by atoms with Crippen molar-refractivity contribution in [3.05, 3.63) is 70.6 Å². The van der Waals surface area contributed by atoms with Crippen molar-refractivity contribution in [2.45, 2.75) is 6.54 Å². The Balaban J connectivity index is 1.54. The van der Waals surface area contributed by atoms with Gasteiger partial charge in [-0.2, -0.15) is 0 Å². The van der Waals surface area contributed by atoms with Gasteiger partial charge >= 0.3 is 0 Å². The van der Waals surface area contributed by atoms with E-state index in [0.717, 1.165) is 48.9 Å². The highest BCUT2D eigenvalue weighted by Crippen LogP contribution is 2.31. The third-order valence-electron chi connectivity index (χ3n) is 5.40. The van der Waals surface area contributed by atoms with Gasteiger partial charge in [0.2, 0.25) is 0 Å². The summed E-state index contributed by atoms with van der Waals surface area (Å²) in [5, 5.41) is 0. The Bertz CT molecular complexity index is 844. The molecule has 4 nitrogen and oxygen atoms in total. The number of para-hydroxylation sites is 1. The summed E-state index contributed by atoms with van der Waals surface area (Å²) in [6, 6.07) is 18.7. The van der Waals surface area contributed by atoms with E-state index >= 15 is 0 Å². The highest BCUT2D eigenvalue weighted by Gasteiger charge is 2.25. The summed E-state index contributed by atoms with van der Waals surface area (Å²) in [7, 11) is 2.17. The third-order valence-corrected chi connectivity index (χ3v) is 6.39. The number of amides is 1. The zero-order valence-electron chi connectivity index (χ0n) is 16.4. The second-order valence-corrected chi connectivity index (χ2v) is 8.56. The molecule has 2 fully saturated rings. The van der Waals surface area contributed by atoms with E-state index in [2.05, 4.69) is 59.3 Å². The van der Waals surface area contributed by atoms with Crippen LogP contribution in [0.1, 0.15) is 11.1 Å². The van der Waals surface area contributed by atoms with E-state index in [-0.39, 0.29) is 5.91 Å². The molecule has 0 spiro atoms. The van der Waals surface area contributed by atoms with Gasteiger partial charge in [-0.15, -0.1) is 11.8 Å². The fourth-order valence-electron chi connectivity index (χ4n) is 3.73. The number of carbonyl (C=O) groups excluding carboxylic acids is 1. The maximum absolute atomic E-state index is 13.1. The molecule has 4 rings (SSSR count). The van der Waals surface area contributed by atoms with Crippen LogP contribution in [0, 0.1) is 0 Å². The van der Waals surface area contributed by atoms with Crippen LogP contribution in [0.4, 0.5) is 5.69 Å². The summed E-state index contributed by atoms with van der Waals surface area (Å²) in [6.45, 7) is 5.68. The predicted molar refractivity (Wildman–Crippen MR) is 118 cm³/mol. The minimum atomic E-state index is 0.147. The molecule has 2 aliphatic heterocycles. The van der Waals surface area contributed by atoms with Crippen LogP contribution in [0.5, 0.6) is 0 Å². The molecule has 0 unspecified atom stereocenters. The SMILES string of the molecule is CN1CCN(c2ccccc2C=C2SCCN(Cc3ccccc3)C2=O)CC1. The van der Waals surface area contributed by atoms with Crippen molar-refractivity contribution in [2.75, 3.05) is 50.4 Å². The zero-order chi connectivity index (χ0) is 19.3. The minimum Gasteiger partial charge on any atom is -0.368 e. The fourth-order valence-corrected chi connectivity index (χ4v) is 4.72. The molecular formula is C23H27N3OS. The van der Waals surface area contributed by atoms with Gasteiger partial charge in [0, 0.05) is 50.7 Å². The number of likely N-dealkylation sites (N-methyl/N-ethyl adjacent to an activating group) is 1. The van der Waals surface area contributed by atoms with E-state index in [1.54, 1.807) is 11.8 Å².